The molecule has 5 nitrogen and oxygen atoms in total. The maximum Gasteiger partial charge on any atom is 0.360 e. The second kappa shape index (κ2) is 5.95. The molecule has 0 aliphatic rings. The van der Waals surface area contributed by atoms with Crippen LogP contribution in [0.3, 0.4) is 0 Å². The first kappa shape index (κ1) is 14.2. The van der Waals surface area contributed by atoms with E-state index in [1.807, 2.05) is 24.3 Å². The summed E-state index contributed by atoms with van der Waals surface area (Å²) in [5.74, 6) is 0. The van der Waals surface area contributed by atoms with Gasteiger partial charge in [-0.25, -0.2) is 4.28 Å². The Morgan fingerprint density at radius 2 is 1.45 bits per heavy atom. The third-order valence-corrected chi connectivity index (χ3v) is 4.22. The topological polar surface area (TPSA) is 68.1 Å². The second-order valence-electron chi connectivity index (χ2n) is 4.52. The van der Waals surface area contributed by atoms with Crippen LogP contribution in [0.25, 0.3) is 10.8 Å². The van der Waals surface area contributed by atoms with Gasteiger partial charge in [0.05, 0.1) is 5.69 Å². The predicted octanol–water partition coefficient (Wildman–Crippen LogP) is 4.24. The van der Waals surface area contributed by atoms with Gasteiger partial charge in [-0.1, -0.05) is 54.6 Å². The fourth-order valence-corrected chi connectivity index (χ4v) is 2.96. The van der Waals surface area contributed by atoms with Crippen molar-refractivity contribution in [3.63, 3.8) is 0 Å². The first-order valence-electron chi connectivity index (χ1n) is 6.54. The molecule has 3 rings (SSSR count). The molecule has 6 heteroatoms. The van der Waals surface area contributed by atoms with Crippen LogP contribution >= 0.6 is 0 Å². The van der Waals surface area contributed by atoms with E-state index in [1.165, 1.54) is 6.07 Å². The predicted molar refractivity (Wildman–Crippen MR) is 83.2 cm³/mol. The minimum atomic E-state index is -4.02. The van der Waals surface area contributed by atoms with Crippen molar-refractivity contribution in [3.05, 3.63) is 72.8 Å². The van der Waals surface area contributed by atoms with Gasteiger partial charge in [0.2, 0.25) is 0 Å². The van der Waals surface area contributed by atoms with Crippen LogP contribution in [0.5, 0.6) is 0 Å². The Balaban J connectivity index is 1.91. The number of rotatable bonds is 4. The third kappa shape index (κ3) is 2.96. The zero-order valence-corrected chi connectivity index (χ0v) is 12.3. The highest BCUT2D eigenvalue weighted by molar-refractivity contribution is 7.87. The molecule has 0 fully saturated rings. The number of hydrogen-bond donors (Lipinski definition) is 0. The van der Waals surface area contributed by atoms with Gasteiger partial charge in [0, 0.05) is 10.7 Å². The first-order chi connectivity index (χ1) is 10.7. The van der Waals surface area contributed by atoms with Gasteiger partial charge in [0.15, 0.2) is 0 Å². The molecule has 0 atom stereocenters. The van der Waals surface area contributed by atoms with Crippen molar-refractivity contribution in [2.75, 3.05) is 0 Å². The average Bonchev–Trinajstić information content (AvgIpc) is 2.55. The van der Waals surface area contributed by atoms with E-state index in [0.717, 1.165) is 5.39 Å². The SMILES string of the molecule is O=S(=O)(ON=Nc1ccccc1)c1cccc2ccccc12. The lowest BCUT2D eigenvalue weighted by Gasteiger charge is -2.04. The smallest absolute Gasteiger partial charge is 0.244 e. The summed E-state index contributed by atoms with van der Waals surface area (Å²) < 4.78 is 29.2. The van der Waals surface area contributed by atoms with Gasteiger partial charge in [-0.05, 0) is 23.6 Å². The molecule has 3 aromatic rings. The van der Waals surface area contributed by atoms with Crippen LogP contribution in [0.4, 0.5) is 5.69 Å². The largest absolute Gasteiger partial charge is 0.360 e. The summed E-state index contributed by atoms with van der Waals surface area (Å²) in [6, 6.07) is 20.9. The molecular formula is C16H12N2O3S. The van der Waals surface area contributed by atoms with Gasteiger partial charge >= 0.3 is 10.1 Å². The van der Waals surface area contributed by atoms with Crippen LogP contribution in [0.15, 0.2) is 88.1 Å². The van der Waals surface area contributed by atoms with Gasteiger partial charge in [-0.3, -0.25) is 0 Å². The van der Waals surface area contributed by atoms with E-state index in [0.29, 0.717) is 11.1 Å². The Bertz CT molecular complexity index is 917. The number of nitrogens with zero attached hydrogens (tertiary/aromatic N) is 2. The molecule has 0 bridgehead atoms. The highest BCUT2D eigenvalue weighted by Gasteiger charge is 2.18. The van der Waals surface area contributed by atoms with Gasteiger partial charge in [0.1, 0.15) is 4.90 Å². The first-order valence-corrected chi connectivity index (χ1v) is 7.95. The molecule has 0 saturated heterocycles. The van der Waals surface area contributed by atoms with Gasteiger partial charge in [-0.15, -0.1) is 5.11 Å². The van der Waals surface area contributed by atoms with Crippen LogP contribution in [0.2, 0.25) is 0 Å². The molecular weight excluding hydrogens is 300 g/mol. The van der Waals surface area contributed by atoms with Crippen LogP contribution in [-0.2, 0) is 14.4 Å². The lowest BCUT2D eigenvalue weighted by Crippen LogP contribution is -2.02. The molecule has 0 heterocycles. The molecule has 0 amide bonds. The minimum absolute atomic E-state index is 0.0672. The molecule has 22 heavy (non-hydrogen) atoms. The van der Waals surface area contributed by atoms with Crippen LogP contribution in [0.1, 0.15) is 0 Å². The highest BCUT2D eigenvalue weighted by Crippen LogP contribution is 2.24. The molecule has 0 aliphatic heterocycles. The molecule has 0 N–H and O–H groups in total. The van der Waals surface area contributed by atoms with Crippen LogP contribution in [0, 0.1) is 0 Å². The average molecular weight is 312 g/mol. The van der Waals surface area contributed by atoms with E-state index in [2.05, 4.69) is 14.7 Å². The Kier molecular flexibility index (Phi) is 3.84. The van der Waals surface area contributed by atoms with Gasteiger partial charge < -0.3 is 0 Å². The fourth-order valence-electron chi connectivity index (χ4n) is 2.06. The van der Waals surface area contributed by atoms with E-state index < -0.39 is 10.1 Å². The van der Waals surface area contributed by atoms with Crippen molar-refractivity contribution < 1.29 is 12.7 Å². The maximum atomic E-state index is 12.3. The van der Waals surface area contributed by atoms with E-state index in [1.54, 1.807) is 42.5 Å². The molecule has 0 saturated carbocycles. The number of hydrogen-bond acceptors (Lipinski definition) is 5. The molecule has 3 aromatic carbocycles. The van der Waals surface area contributed by atoms with Crippen LogP contribution < -0.4 is 0 Å². The molecule has 0 aromatic heterocycles. The van der Waals surface area contributed by atoms with E-state index in [9.17, 15) is 8.42 Å². The summed E-state index contributed by atoms with van der Waals surface area (Å²) in [6.07, 6.45) is 0. The van der Waals surface area contributed by atoms with Crippen LogP contribution in [-0.4, -0.2) is 8.42 Å². The zero-order valence-electron chi connectivity index (χ0n) is 11.5. The Morgan fingerprint density at radius 1 is 0.773 bits per heavy atom. The van der Waals surface area contributed by atoms with Gasteiger partial charge in [-0.2, -0.15) is 8.42 Å². The highest BCUT2D eigenvalue weighted by atomic mass is 32.2. The normalized spacial score (nSPS) is 11.8. The molecule has 0 aliphatic carbocycles. The van der Waals surface area contributed by atoms with E-state index >= 15 is 0 Å². The third-order valence-electron chi connectivity index (χ3n) is 3.06. The summed E-state index contributed by atoms with van der Waals surface area (Å²) in [7, 11) is -4.02. The molecule has 0 spiro atoms. The standard InChI is InChI=1S/C16H12N2O3S/c19-22(20,21-18-17-14-9-2-1-3-10-14)16-12-6-8-13-7-4-5-11-15(13)16/h1-12H. The quantitative estimate of drug-likeness (QED) is 0.534. The molecule has 110 valence electrons. The van der Waals surface area contributed by atoms with Crippen molar-refractivity contribution in [1.29, 1.82) is 0 Å². The van der Waals surface area contributed by atoms with E-state index in [4.69, 9.17) is 0 Å². The van der Waals surface area contributed by atoms with Crippen molar-refractivity contribution in [3.8, 4) is 0 Å². The lowest BCUT2D eigenvalue weighted by atomic mass is 10.1. The molecule has 0 radical (unpaired) electrons. The van der Waals surface area contributed by atoms with Crippen molar-refractivity contribution in [2.24, 2.45) is 10.4 Å². The van der Waals surface area contributed by atoms with Crippen molar-refractivity contribution in [2.45, 2.75) is 4.90 Å². The van der Waals surface area contributed by atoms with Gasteiger partial charge in [0.25, 0.3) is 0 Å². The summed E-state index contributed by atoms with van der Waals surface area (Å²) in [4.78, 5) is 0.0672. The summed E-state index contributed by atoms with van der Waals surface area (Å²) in [5.41, 5.74) is 0.510. The van der Waals surface area contributed by atoms with E-state index in [-0.39, 0.29) is 4.90 Å². The van der Waals surface area contributed by atoms with Crippen molar-refractivity contribution >= 4 is 26.6 Å². The summed E-state index contributed by atoms with van der Waals surface area (Å²) >= 11 is 0. The Labute approximate surface area is 128 Å². The second-order valence-corrected chi connectivity index (χ2v) is 6.02. The summed E-state index contributed by atoms with van der Waals surface area (Å²) in [6.45, 7) is 0. The number of fused-ring (bicyclic) bond motifs is 1. The summed E-state index contributed by atoms with van der Waals surface area (Å²) in [5, 5.41) is 8.45. The molecule has 0 unspecified atom stereocenters. The lowest BCUT2D eigenvalue weighted by molar-refractivity contribution is 0.314. The maximum absolute atomic E-state index is 12.3. The fraction of sp³-hybridized carbons (Fsp3) is 0. The Morgan fingerprint density at radius 3 is 2.27 bits per heavy atom. The minimum Gasteiger partial charge on any atom is -0.244 e. The zero-order chi connectivity index (χ0) is 15.4. The van der Waals surface area contributed by atoms with Crippen molar-refractivity contribution in [1.82, 2.24) is 0 Å². The monoisotopic (exact) mass is 312 g/mol. The Hall–Kier alpha value is -2.73. The number of benzene rings is 3.